The van der Waals surface area contributed by atoms with Crippen molar-refractivity contribution < 1.29 is 0 Å². The van der Waals surface area contributed by atoms with Crippen molar-refractivity contribution in [1.29, 1.82) is 0 Å². The monoisotopic (exact) mass is 225 g/mol. The van der Waals surface area contributed by atoms with Gasteiger partial charge in [-0.05, 0) is 30.7 Å². The van der Waals surface area contributed by atoms with Crippen molar-refractivity contribution in [3.05, 3.63) is 42.1 Å². The molecule has 0 aliphatic heterocycles. The summed E-state index contributed by atoms with van der Waals surface area (Å²) in [6.07, 6.45) is 1.71. The predicted octanol–water partition coefficient (Wildman–Crippen LogP) is 1.68. The molecule has 2 heterocycles. The maximum absolute atomic E-state index is 5.89. The Hall–Kier alpha value is -2.43. The number of benzene rings is 1. The third-order valence-electron chi connectivity index (χ3n) is 2.79. The van der Waals surface area contributed by atoms with Gasteiger partial charge in [0.15, 0.2) is 11.5 Å². The first-order chi connectivity index (χ1) is 8.27. The molecular formula is C12H11N5. The summed E-state index contributed by atoms with van der Waals surface area (Å²) in [5.41, 5.74) is 9.31. The van der Waals surface area contributed by atoms with Crippen LogP contribution < -0.4 is 5.73 Å². The minimum atomic E-state index is 0.713. The highest BCUT2D eigenvalue weighted by Crippen LogP contribution is 2.25. The number of rotatable bonds is 1. The molecule has 2 aromatic heterocycles. The molecule has 0 amide bonds. The molecule has 0 saturated heterocycles. The van der Waals surface area contributed by atoms with Crippen LogP contribution in [0.2, 0.25) is 0 Å². The summed E-state index contributed by atoms with van der Waals surface area (Å²) in [5.74, 6) is 0.713. The van der Waals surface area contributed by atoms with Crippen LogP contribution in [0, 0.1) is 6.92 Å². The first kappa shape index (κ1) is 9.77. The number of nitrogen functional groups attached to an aromatic ring is 1. The van der Waals surface area contributed by atoms with Crippen LogP contribution in [0.3, 0.4) is 0 Å². The quantitative estimate of drug-likeness (QED) is 0.640. The molecule has 0 fully saturated rings. The van der Waals surface area contributed by atoms with E-state index in [4.69, 9.17) is 5.73 Å². The van der Waals surface area contributed by atoms with Crippen LogP contribution in [0.1, 0.15) is 5.56 Å². The summed E-state index contributed by atoms with van der Waals surface area (Å²) in [5, 5.41) is 12.5. The number of hydrogen-bond donors (Lipinski definition) is 1. The van der Waals surface area contributed by atoms with E-state index < -0.39 is 0 Å². The van der Waals surface area contributed by atoms with Crippen LogP contribution in [0.15, 0.2) is 36.5 Å². The lowest BCUT2D eigenvalue weighted by Crippen LogP contribution is -1.97. The number of fused-ring (bicyclic) bond motifs is 1. The first-order valence-corrected chi connectivity index (χ1v) is 5.29. The van der Waals surface area contributed by atoms with Crippen LogP contribution in [0.5, 0.6) is 0 Å². The number of nitrogens with zero attached hydrogens (tertiary/aromatic N) is 4. The smallest absolute Gasteiger partial charge is 0.185 e. The minimum absolute atomic E-state index is 0.713. The molecule has 2 N–H and O–H groups in total. The Bertz CT molecular complexity index is 686. The van der Waals surface area contributed by atoms with Gasteiger partial charge in [0, 0.05) is 17.4 Å². The topological polar surface area (TPSA) is 69.1 Å². The Kier molecular flexibility index (Phi) is 2.04. The predicted molar refractivity (Wildman–Crippen MR) is 65.4 cm³/mol. The van der Waals surface area contributed by atoms with E-state index >= 15 is 0 Å². The second-order valence-electron chi connectivity index (χ2n) is 3.84. The SMILES string of the molecule is Cc1c(N)cccc1-c1nnc2cccnn12. The summed E-state index contributed by atoms with van der Waals surface area (Å²) in [6.45, 7) is 1.97. The van der Waals surface area contributed by atoms with Gasteiger partial charge in [-0.3, -0.25) is 0 Å². The molecule has 0 spiro atoms. The largest absolute Gasteiger partial charge is 0.398 e. The average Bonchev–Trinajstić information content (AvgIpc) is 2.77. The molecule has 84 valence electrons. The van der Waals surface area contributed by atoms with Crippen molar-refractivity contribution in [3.63, 3.8) is 0 Å². The summed E-state index contributed by atoms with van der Waals surface area (Å²) < 4.78 is 1.71. The van der Waals surface area contributed by atoms with Crippen LogP contribution in [0.4, 0.5) is 5.69 Å². The van der Waals surface area contributed by atoms with Crippen molar-refractivity contribution in [2.45, 2.75) is 6.92 Å². The zero-order valence-corrected chi connectivity index (χ0v) is 9.33. The number of aromatic nitrogens is 4. The van der Waals surface area contributed by atoms with Gasteiger partial charge in [-0.1, -0.05) is 12.1 Å². The normalized spacial score (nSPS) is 10.9. The van der Waals surface area contributed by atoms with Crippen LogP contribution in [-0.2, 0) is 0 Å². The fourth-order valence-electron chi connectivity index (χ4n) is 1.81. The van der Waals surface area contributed by atoms with Crippen molar-refractivity contribution in [2.75, 3.05) is 5.73 Å². The van der Waals surface area contributed by atoms with Crippen molar-refractivity contribution >= 4 is 11.3 Å². The van der Waals surface area contributed by atoms with Gasteiger partial charge in [-0.2, -0.15) is 9.61 Å². The van der Waals surface area contributed by atoms with Gasteiger partial charge in [0.25, 0.3) is 0 Å². The summed E-state index contributed by atoms with van der Waals surface area (Å²) in [4.78, 5) is 0. The lowest BCUT2D eigenvalue weighted by molar-refractivity contribution is 0.934. The number of hydrogen-bond acceptors (Lipinski definition) is 4. The van der Waals surface area contributed by atoms with Gasteiger partial charge < -0.3 is 5.73 Å². The Morgan fingerprint density at radius 3 is 2.88 bits per heavy atom. The molecule has 0 radical (unpaired) electrons. The fourth-order valence-corrected chi connectivity index (χ4v) is 1.81. The lowest BCUT2D eigenvalue weighted by Gasteiger charge is -2.05. The minimum Gasteiger partial charge on any atom is -0.398 e. The third kappa shape index (κ3) is 1.44. The van der Waals surface area contributed by atoms with Gasteiger partial charge in [0.1, 0.15) is 0 Å². The maximum Gasteiger partial charge on any atom is 0.185 e. The molecule has 1 aromatic carbocycles. The molecule has 0 atom stereocenters. The molecule has 17 heavy (non-hydrogen) atoms. The van der Waals surface area contributed by atoms with Gasteiger partial charge in [0.2, 0.25) is 0 Å². The van der Waals surface area contributed by atoms with Gasteiger partial charge >= 0.3 is 0 Å². The highest BCUT2D eigenvalue weighted by atomic mass is 15.4. The Morgan fingerprint density at radius 2 is 2.00 bits per heavy atom. The molecule has 3 aromatic rings. The number of nitrogens with two attached hydrogens (primary N) is 1. The summed E-state index contributed by atoms with van der Waals surface area (Å²) >= 11 is 0. The fraction of sp³-hybridized carbons (Fsp3) is 0.0833. The number of anilines is 1. The van der Waals surface area contributed by atoms with Crippen molar-refractivity contribution in [2.24, 2.45) is 0 Å². The Morgan fingerprint density at radius 1 is 1.12 bits per heavy atom. The molecular weight excluding hydrogens is 214 g/mol. The van der Waals surface area contributed by atoms with E-state index in [0.29, 0.717) is 5.82 Å². The van der Waals surface area contributed by atoms with Crippen molar-refractivity contribution in [1.82, 2.24) is 19.8 Å². The molecule has 3 rings (SSSR count). The molecule has 0 aliphatic carbocycles. The Labute approximate surface area is 97.9 Å². The highest BCUT2D eigenvalue weighted by molar-refractivity contribution is 5.69. The standard InChI is InChI=1S/C12H11N5/c1-8-9(4-2-5-10(8)13)12-16-15-11-6-3-7-14-17(11)12/h2-7H,13H2,1H3. The Balaban J connectivity index is 2.31. The zero-order valence-electron chi connectivity index (χ0n) is 9.33. The van der Waals surface area contributed by atoms with E-state index in [1.54, 1.807) is 10.7 Å². The van der Waals surface area contributed by atoms with Crippen molar-refractivity contribution in [3.8, 4) is 11.4 Å². The molecule has 5 heteroatoms. The van der Waals surface area contributed by atoms with E-state index in [0.717, 1.165) is 22.5 Å². The lowest BCUT2D eigenvalue weighted by atomic mass is 10.1. The van der Waals surface area contributed by atoms with E-state index in [9.17, 15) is 0 Å². The van der Waals surface area contributed by atoms with Crippen LogP contribution in [0.25, 0.3) is 17.0 Å². The summed E-state index contributed by atoms with van der Waals surface area (Å²) in [6, 6.07) is 9.44. The molecule has 0 saturated carbocycles. The van der Waals surface area contributed by atoms with Gasteiger partial charge in [-0.25, -0.2) is 0 Å². The zero-order chi connectivity index (χ0) is 11.8. The van der Waals surface area contributed by atoms with Crippen LogP contribution in [-0.4, -0.2) is 19.8 Å². The third-order valence-corrected chi connectivity index (χ3v) is 2.79. The molecule has 0 unspecified atom stereocenters. The van der Waals surface area contributed by atoms with E-state index in [-0.39, 0.29) is 0 Å². The highest BCUT2D eigenvalue weighted by Gasteiger charge is 2.11. The molecule has 0 aliphatic rings. The second-order valence-corrected chi connectivity index (χ2v) is 3.84. The second kappa shape index (κ2) is 3.55. The van der Waals surface area contributed by atoms with E-state index in [1.807, 2.05) is 37.3 Å². The van der Waals surface area contributed by atoms with E-state index in [2.05, 4.69) is 15.3 Å². The first-order valence-electron chi connectivity index (χ1n) is 5.29. The maximum atomic E-state index is 5.89. The van der Waals surface area contributed by atoms with Gasteiger partial charge in [-0.15, -0.1) is 10.2 Å². The van der Waals surface area contributed by atoms with E-state index in [1.165, 1.54) is 0 Å². The molecule has 5 nitrogen and oxygen atoms in total. The summed E-state index contributed by atoms with van der Waals surface area (Å²) in [7, 11) is 0. The van der Waals surface area contributed by atoms with Gasteiger partial charge in [0.05, 0.1) is 0 Å². The average molecular weight is 225 g/mol. The molecule has 0 bridgehead atoms. The van der Waals surface area contributed by atoms with Crippen LogP contribution >= 0.6 is 0 Å².